The van der Waals surface area contributed by atoms with Crippen LogP contribution >= 0.6 is 0 Å². The summed E-state index contributed by atoms with van der Waals surface area (Å²) in [5, 5.41) is 0. The highest BCUT2D eigenvalue weighted by Crippen LogP contribution is 2.26. The van der Waals surface area contributed by atoms with Crippen molar-refractivity contribution in [1.29, 1.82) is 0 Å². The number of anilines is 1. The van der Waals surface area contributed by atoms with Gasteiger partial charge in [-0.15, -0.1) is 0 Å². The molecule has 1 aromatic heterocycles. The van der Waals surface area contributed by atoms with Crippen LogP contribution < -0.4 is 9.64 Å². The predicted molar refractivity (Wildman–Crippen MR) is 83.8 cm³/mol. The Morgan fingerprint density at radius 2 is 1.82 bits per heavy atom. The minimum Gasteiger partial charge on any atom is -0.439 e. The van der Waals surface area contributed by atoms with E-state index in [4.69, 9.17) is 4.74 Å². The van der Waals surface area contributed by atoms with Gasteiger partial charge in [0.1, 0.15) is 11.6 Å². The molecule has 0 bridgehead atoms. The monoisotopic (exact) mass is 301 g/mol. The first-order valence-electron chi connectivity index (χ1n) is 7.72. The van der Waals surface area contributed by atoms with E-state index in [2.05, 4.69) is 14.9 Å². The molecule has 116 valence electrons. The molecule has 1 fully saturated rings. The fourth-order valence-electron chi connectivity index (χ4n) is 2.81. The molecule has 4 nitrogen and oxygen atoms in total. The lowest BCUT2D eigenvalue weighted by atomic mass is 9.95. The Balaban J connectivity index is 1.72. The molecule has 0 amide bonds. The lowest BCUT2D eigenvalue weighted by Gasteiger charge is -2.31. The fraction of sp³-hybridized carbons (Fsp3) is 0.412. The highest BCUT2D eigenvalue weighted by Gasteiger charge is 2.20. The normalized spacial score (nSPS) is 15.5. The highest BCUT2D eigenvalue weighted by molar-refractivity contribution is 5.34. The van der Waals surface area contributed by atoms with Crippen molar-refractivity contribution < 1.29 is 9.13 Å². The first-order valence-corrected chi connectivity index (χ1v) is 7.72. The molecular weight excluding hydrogens is 281 g/mol. The smallest absolute Gasteiger partial charge is 0.228 e. The summed E-state index contributed by atoms with van der Waals surface area (Å²) in [6, 6.07) is 8.11. The molecule has 0 atom stereocenters. The summed E-state index contributed by atoms with van der Waals surface area (Å²) in [6.45, 7) is 0. The van der Waals surface area contributed by atoms with E-state index in [1.807, 2.05) is 7.05 Å². The highest BCUT2D eigenvalue weighted by atomic mass is 19.1. The Bertz CT molecular complexity index is 612. The Kier molecular flexibility index (Phi) is 4.51. The number of rotatable bonds is 4. The van der Waals surface area contributed by atoms with Crippen LogP contribution in [-0.2, 0) is 0 Å². The van der Waals surface area contributed by atoms with Crippen molar-refractivity contribution in [3.8, 4) is 11.6 Å². The van der Waals surface area contributed by atoms with Crippen LogP contribution in [0.15, 0.2) is 36.5 Å². The zero-order valence-electron chi connectivity index (χ0n) is 12.7. The molecule has 0 unspecified atom stereocenters. The molecule has 0 N–H and O–H groups in total. The molecule has 2 aromatic rings. The predicted octanol–water partition coefficient (Wildman–Crippen LogP) is 4.18. The molecule has 1 aliphatic rings. The molecule has 22 heavy (non-hydrogen) atoms. The van der Waals surface area contributed by atoms with Gasteiger partial charge in [0.05, 0.1) is 0 Å². The number of aromatic nitrogens is 2. The second-order valence-electron chi connectivity index (χ2n) is 5.65. The van der Waals surface area contributed by atoms with Crippen LogP contribution in [0.2, 0.25) is 0 Å². The molecule has 1 aliphatic carbocycles. The van der Waals surface area contributed by atoms with Gasteiger partial charge >= 0.3 is 0 Å². The van der Waals surface area contributed by atoms with Gasteiger partial charge in [-0.05, 0) is 37.1 Å². The van der Waals surface area contributed by atoms with Crippen LogP contribution in [0.4, 0.5) is 10.3 Å². The van der Waals surface area contributed by atoms with E-state index < -0.39 is 0 Å². The van der Waals surface area contributed by atoms with E-state index in [1.54, 1.807) is 24.4 Å². The van der Waals surface area contributed by atoms with Gasteiger partial charge in [-0.25, -0.2) is 9.37 Å². The molecule has 1 heterocycles. The van der Waals surface area contributed by atoms with Crippen LogP contribution in [0.25, 0.3) is 0 Å². The molecule has 3 rings (SSSR count). The van der Waals surface area contributed by atoms with Gasteiger partial charge in [-0.3, -0.25) is 0 Å². The van der Waals surface area contributed by atoms with Gasteiger partial charge in [0.15, 0.2) is 0 Å². The minimum atomic E-state index is -0.284. The second kappa shape index (κ2) is 6.73. The SMILES string of the molecule is CN(c1nccc(Oc2ccc(F)cc2)n1)C1CCCCC1. The molecule has 1 aromatic carbocycles. The lowest BCUT2D eigenvalue weighted by molar-refractivity contribution is 0.420. The summed E-state index contributed by atoms with van der Waals surface area (Å²) in [4.78, 5) is 10.9. The maximum absolute atomic E-state index is 12.9. The molecule has 1 saturated carbocycles. The maximum Gasteiger partial charge on any atom is 0.228 e. The topological polar surface area (TPSA) is 38.2 Å². The van der Waals surface area contributed by atoms with Crippen LogP contribution in [0.5, 0.6) is 11.6 Å². The summed E-state index contributed by atoms with van der Waals surface area (Å²) < 4.78 is 18.6. The quantitative estimate of drug-likeness (QED) is 0.849. The standard InChI is InChI=1S/C17H20FN3O/c1-21(14-5-3-2-4-6-14)17-19-12-11-16(20-17)22-15-9-7-13(18)8-10-15/h7-12,14H,2-6H2,1H3. The van der Waals surface area contributed by atoms with E-state index >= 15 is 0 Å². The summed E-state index contributed by atoms with van der Waals surface area (Å²) in [5.74, 6) is 1.42. The van der Waals surface area contributed by atoms with Crippen molar-refractivity contribution in [3.05, 3.63) is 42.3 Å². The molecule has 0 saturated heterocycles. The third-order valence-corrected chi connectivity index (χ3v) is 4.09. The maximum atomic E-state index is 12.9. The van der Waals surface area contributed by atoms with Crippen molar-refractivity contribution >= 4 is 5.95 Å². The first-order chi connectivity index (χ1) is 10.7. The molecule has 0 radical (unpaired) electrons. The van der Waals surface area contributed by atoms with Crippen molar-refractivity contribution in [2.45, 2.75) is 38.1 Å². The number of hydrogen-bond acceptors (Lipinski definition) is 4. The van der Waals surface area contributed by atoms with E-state index in [-0.39, 0.29) is 5.82 Å². The van der Waals surface area contributed by atoms with Crippen molar-refractivity contribution in [3.63, 3.8) is 0 Å². The number of hydrogen-bond donors (Lipinski definition) is 0. The van der Waals surface area contributed by atoms with Crippen LogP contribution in [-0.4, -0.2) is 23.1 Å². The van der Waals surface area contributed by atoms with Crippen LogP contribution in [0, 0.1) is 5.82 Å². The van der Waals surface area contributed by atoms with E-state index in [0.717, 1.165) is 0 Å². The number of nitrogens with zero attached hydrogens (tertiary/aromatic N) is 3. The van der Waals surface area contributed by atoms with Gasteiger partial charge in [0.25, 0.3) is 0 Å². The minimum absolute atomic E-state index is 0.284. The Morgan fingerprint density at radius 1 is 1.09 bits per heavy atom. The number of halogens is 1. The third-order valence-electron chi connectivity index (χ3n) is 4.09. The van der Waals surface area contributed by atoms with Gasteiger partial charge in [-0.2, -0.15) is 4.98 Å². The van der Waals surface area contributed by atoms with Crippen molar-refractivity contribution in [2.75, 3.05) is 11.9 Å². The zero-order valence-corrected chi connectivity index (χ0v) is 12.7. The summed E-state index contributed by atoms with van der Waals surface area (Å²) in [7, 11) is 2.03. The van der Waals surface area contributed by atoms with Gasteiger partial charge in [0.2, 0.25) is 11.8 Å². The number of benzene rings is 1. The van der Waals surface area contributed by atoms with Crippen LogP contribution in [0.1, 0.15) is 32.1 Å². The van der Waals surface area contributed by atoms with Crippen LogP contribution in [0.3, 0.4) is 0 Å². The first kappa shape index (κ1) is 14.8. The van der Waals surface area contributed by atoms with Gasteiger partial charge in [0, 0.05) is 25.4 Å². The average Bonchev–Trinajstić information content (AvgIpc) is 2.57. The summed E-state index contributed by atoms with van der Waals surface area (Å²) in [5.41, 5.74) is 0. The van der Waals surface area contributed by atoms with E-state index in [0.29, 0.717) is 23.6 Å². The molecule has 5 heteroatoms. The summed E-state index contributed by atoms with van der Waals surface area (Å²) in [6.07, 6.45) is 7.91. The number of ether oxygens (including phenoxy) is 1. The largest absolute Gasteiger partial charge is 0.439 e. The Morgan fingerprint density at radius 3 is 2.55 bits per heavy atom. The average molecular weight is 301 g/mol. The third kappa shape index (κ3) is 3.53. The molecule has 0 spiro atoms. The lowest BCUT2D eigenvalue weighted by Crippen LogP contribution is -2.34. The Labute approximate surface area is 130 Å². The van der Waals surface area contributed by atoms with E-state index in [9.17, 15) is 4.39 Å². The molecular formula is C17H20FN3O. The second-order valence-corrected chi connectivity index (χ2v) is 5.65. The van der Waals surface area contributed by atoms with Gasteiger partial charge < -0.3 is 9.64 Å². The van der Waals surface area contributed by atoms with Gasteiger partial charge in [-0.1, -0.05) is 19.3 Å². The Hall–Kier alpha value is -2.17. The van der Waals surface area contributed by atoms with Crippen molar-refractivity contribution in [2.24, 2.45) is 0 Å². The van der Waals surface area contributed by atoms with E-state index in [1.165, 1.54) is 44.2 Å². The molecule has 0 aliphatic heterocycles. The fourth-order valence-corrected chi connectivity index (χ4v) is 2.81. The summed E-state index contributed by atoms with van der Waals surface area (Å²) >= 11 is 0. The zero-order chi connectivity index (χ0) is 15.4. The van der Waals surface area contributed by atoms with Crippen molar-refractivity contribution in [1.82, 2.24) is 9.97 Å².